The number of fused-ring (bicyclic) bond motifs is 1. The van der Waals surface area contributed by atoms with Crippen molar-refractivity contribution in [3.05, 3.63) is 84.2 Å². The predicted molar refractivity (Wildman–Crippen MR) is 135 cm³/mol. The summed E-state index contributed by atoms with van der Waals surface area (Å²) in [6, 6.07) is 19.5. The van der Waals surface area contributed by atoms with E-state index in [2.05, 4.69) is 9.97 Å². The smallest absolute Gasteiger partial charge is 0.238 e. The van der Waals surface area contributed by atoms with Crippen LogP contribution in [0, 0.1) is 0 Å². The van der Waals surface area contributed by atoms with E-state index in [1.807, 2.05) is 61.5 Å². The number of carbonyl (C=O) groups excluding carboxylic acids is 1. The number of ether oxygens (including phenoxy) is 1. The Morgan fingerprint density at radius 1 is 0.943 bits per heavy atom. The molecule has 0 aliphatic rings. The number of nitrogens with zero attached hydrogens (tertiary/aromatic N) is 3. The van der Waals surface area contributed by atoms with Crippen LogP contribution in [0.15, 0.2) is 78.0 Å². The molecule has 0 amide bonds. The van der Waals surface area contributed by atoms with Crippen LogP contribution in [0.2, 0.25) is 0 Å². The van der Waals surface area contributed by atoms with Crippen LogP contribution >= 0.6 is 0 Å². The van der Waals surface area contributed by atoms with Crippen LogP contribution < -0.4 is 14.8 Å². The molecular weight excluding hydrogens is 464 g/mol. The Hall–Kier alpha value is -3.82. The average molecular weight is 491 g/mol. The minimum absolute atomic E-state index is 0.0585. The number of carbonyl (C=O) groups is 1. The first-order chi connectivity index (χ1) is 16.7. The fraction of sp³-hybridized carbons (Fsp3) is 0.192. The van der Waals surface area contributed by atoms with Gasteiger partial charge in [-0.2, -0.15) is 0 Å². The zero-order chi connectivity index (χ0) is 25.0. The molecule has 4 rings (SSSR count). The molecule has 0 aliphatic heterocycles. The van der Waals surface area contributed by atoms with Gasteiger partial charge in [0.2, 0.25) is 15.9 Å². The second-order valence-electron chi connectivity index (χ2n) is 8.43. The van der Waals surface area contributed by atoms with Crippen molar-refractivity contribution in [3.63, 3.8) is 0 Å². The molecule has 3 aromatic carbocycles. The highest BCUT2D eigenvalue weighted by molar-refractivity contribution is 7.89. The van der Waals surface area contributed by atoms with Crippen LogP contribution in [0.5, 0.6) is 11.6 Å². The predicted octanol–water partition coefficient (Wildman–Crippen LogP) is 3.88. The highest BCUT2D eigenvalue weighted by Gasteiger charge is 2.10. The van der Waals surface area contributed by atoms with Gasteiger partial charge in [0.05, 0.1) is 15.8 Å². The third-order valence-electron chi connectivity index (χ3n) is 5.58. The van der Waals surface area contributed by atoms with Crippen molar-refractivity contribution in [2.75, 3.05) is 19.0 Å². The van der Waals surface area contributed by atoms with Crippen LogP contribution in [0.25, 0.3) is 10.9 Å². The van der Waals surface area contributed by atoms with Gasteiger partial charge in [0.1, 0.15) is 17.9 Å². The molecule has 1 aromatic heterocycles. The summed E-state index contributed by atoms with van der Waals surface area (Å²) < 4.78 is 28.7. The zero-order valence-electron chi connectivity index (χ0n) is 19.5. The van der Waals surface area contributed by atoms with Crippen LogP contribution in [0.3, 0.4) is 0 Å². The van der Waals surface area contributed by atoms with Crippen LogP contribution in [0.4, 0.5) is 5.69 Å². The third-order valence-corrected chi connectivity index (χ3v) is 6.51. The van der Waals surface area contributed by atoms with E-state index in [1.165, 1.54) is 18.5 Å². The molecule has 1 heterocycles. The van der Waals surface area contributed by atoms with E-state index in [9.17, 15) is 13.2 Å². The molecule has 0 bridgehead atoms. The Morgan fingerprint density at radius 3 is 2.29 bits per heavy atom. The number of hydrogen-bond donors (Lipinski definition) is 1. The maximum atomic E-state index is 12.4. The second kappa shape index (κ2) is 10.2. The minimum Gasteiger partial charge on any atom is -0.438 e. The summed E-state index contributed by atoms with van der Waals surface area (Å²) in [5.41, 5.74) is 3.60. The lowest BCUT2D eigenvalue weighted by atomic mass is 10.0. The maximum Gasteiger partial charge on any atom is 0.238 e. The summed E-state index contributed by atoms with van der Waals surface area (Å²) in [6.07, 6.45) is 2.67. The maximum absolute atomic E-state index is 12.4. The average Bonchev–Trinajstić information content (AvgIpc) is 2.83. The van der Waals surface area contributed by atoms with E-state index >= 15 is 0 Å². The van der Waals surface area contributed by atoms with Crippen molar-refractivity contribution >= 4 is 32.4 Å². The largest absolute Gasteiger partial charge is 0.438 e. The van der Waals surface area contributed by atoms with E-state index < -0.39 is 10.0 Å². The van der Waals surface area contributed by atoms with Crippen molar-refractivity contribution < 1.29 is 17.9 Å². The second-order valence-corrected chi connectivity index (χ2v) is 9.99. The Labute approximate surface area is 204 Å². The number of ketones is 1. The number of sulfonamides is 1. The van der Waals surface area contributed by atoms with E-state index in [0.29, 0.717) is 30.9 Å². The molecular formula is C26H26N4O4S. The number of hydrogen-bond acceptors (Lipinski definition) is 7. The van der Waals surface area contributed by atoms with E-state index in [4.69, 9.17) is 9.88 Å². The van der Waals surface area contributed by atoms with Gasteiger partial charge in [-0.05, 0) is 60.0 Å². The number of aromatic nitrogens is 2. The molecule has 0 aliphatic carbocycles. The molecule has 0 saturated heterocycles. The Morgan fingerprint density at radius 2 is 1.63 bits per heavy atom. The molecule has 9 heteroatoms. The van der Waals surface area contributed by atoms with Crippen molar-refractivity contribution in [2.45, 2.75) is 24.2 Å². The molecule has 0 fully saturated rings. The lowest BCUT2D eigenvalue weighted by molar-refractivity contribution is -0.118. The topological polar surface area (TPSA) is 115 Å². The van der Waals surface area contributed by atoms with Gasteiger partial charge in [-0.25, -0.2) is 23.5 Å². The summed E-state index contributed by atoms with van der Waals surface area (Å²) in [4.78, 5) is 23.1. The highest BCUT2D eigenvalue weighted by atomic mass is 32.2. The molecule has 35 heavy (non-hydrogen) atoms. The van der Waals surface area contributed by atoms with E-state index in [-0.39, 0.29) is 10.7 Å². The molecule has 4 aromatic rings. The van der Waals surface area contributed by atoms with Gasteiger partial charge in [0.25, 0.3) is 0 Å². The molecule has 2 N–H and O–H groups in total. The van der Waals surface area contributed by atoms with Crippen molar-refractivity contribution in [1.29, 1.82) is 0 Å². The first-order valence-electron chi connectivity index (χ1n) is 11.0. The number of Topliss-reactive ketones (excluding diaryl/α,β-unsaturated/α-hetero) is 1. The molecule has 0 atom stereocenters. The first kappa shape index (κ1) is 24.3. The SMILES string of the molecule is CN(C)c1ccc2c(Oc3ccc(CC(=O)CCc4ccc(S(N)(=O)=O)cc4)cc3)ncnc2c1. The highest BCUT2D eigenvalue weighted by Crippen LogP contribution is 2.29. The normalized spacial score (nSPS) is 11.4. The minimum atomic E-state index is -3.72. The van der Waals surface area contributed by atoms with Gasteiger partial charge in [-0.3, -0.25) is 4.79 Å². The molecule has 180 valence electrons. The van der Waals surface area contributed by atoms with Gasteiger partial charge in [0, 0.05) is 32.6 Å². The Balaban J connectivity index is 1.35. The monoisotopic (exact) mass is 490 g/mol. The standard InChI is InChI=1S/C26H26N4O4S/c1-30(2)20-8-14-24-25(16-20)28-17-29-26(24)34-22-10-4-19(5-11-22)15-21(31)9-3-18-6-12-23(13-7-18)35(27,32)33/h4-8,10-14,16-17H,3,9,15H2,1-2H3,(H2,27,32,33). The molecule has 0 unspecified atom stereocenters. The third kappa shape index (κ3) is 6.20. The van der Waals surface area contributed by atoms with Gasteiger partial charge >= 0.3 is 0 Å². The van der Waals surface area contributed by atoms with E-state index in [1.54, 1.807) is 12.1 Å². The summed E-state index contributed by atoms with van der Waals surface area (Å²) in [5.74, 6) is 1.18. The van der Waals surface area contributed by atoms with Crippen molar-refractivity contribution in [3.8, 4) is 11.6 Å². The van der Waals surface area contributed by atoms with Crippen molar-refractivity contribution in [2.24, 2.45) is 5.14 Å². The molecule has 8 nitrogen and oxygen atoms in total. The number of primary sulfonamides is 1. The number of anilines is 1. The van der Waals surface area contributed by atoms with Gasteiger partial charge in [-0.15, -0.1) is 0 Å². The molecule has 0 spiro atoms. The number of rotatable bonds is 9. The summed E-state index contributed by atoms with van der Waals surface area (Å²) in [7, 11) is 0.228. The lowest BCUT2D eigenvalue weighted by Crippen LogP contribution is -2.12. The summed E-state index contributed by atoms with van der Waals surface area (Å²) >= 11 is 0. The Bertz CT molecular complexity index is 1450. The Kier molecular flexibility index (Phi) is 7.09. The van der Waals surface area contributed by atoms with Crippen LogP contribution in [0.1, 0.15) is 17.5 Å². The number of nitrogens with two attached hydrogens (primary N) is 1. The van der Waals surface area contributed by atoms with Crippen LogP contribution in [-0.4, -0.2) is 38.3 Å². The number of benzene rings is 3. The quantitative estimate of drug-likeness (QED) is 0.378. The van der Waals surface area contributed by atoms with Gasteiger partial charge < -0.3 is 9.64 Å². The lowest BCUT2D eigenvalue weighted by Gasteiger charge is -2.13. The first-order valence-corrected chi connectivity index (χ1v) is 12.6. The van der Waals surface area contributed by atoms with E-state index in [0.717, 1.165) is 27.7 Å². The molecule has 0 radical (unpaired) electrons. The van der Waals surface area contributed by atoms with Gasteiger partial charge in [-0.1, -0.05) is 24.3 Å². The fourth-order valence-electron chi connectivity index (χ4n) is 3.61. The summed E-state index contributed by atoms with van der Waals surface area (Å²) in [6.45, 7) is 0. The van der Waals surface area contributed by atoms with Crippen molar-refractivity contribution in [1.82, 2.24) is 9.97 Å². The number of aryl methyl sites for hydroxylation is 1. The molecule has 0 saturated carbocycles. The summed E-state index contributed by atoms with van der Waals surface area (Å²) in [5, 5.41) is 5.92. The zero-order valence-corrected chi connectivity index (χ0v) is 20.3. The fourth-order valence-corrected chi connectivity index (χ4v) is 4.13. The van der Waals surface area contributed by atoms with Gasteiger partial charge in [0.15, 0.2) is 0 Å². The van der Waals surface area contributed by atoms with Crippen LogP contribution in [-0.2, 0) is 27.7 Å².